The van der Waals surface area contributed by atoms with E-state index in [0.717, 1.165) is 29.1 Å². The standard InChI is InChI=1S/C19H17N3O3/c23-17-7-3-6-16-18(17)19(12-8-10-13(11-9-12)22(24)25)21-15-5-2-1-4-14(15)20-16/h1-2,4-6,8-11,18-21H,3,7H2. The van der Waals surface area contributed by atoms with E-state index in [2.05, 4.69) is 16.7 Å². The van der Waals surface area contributed by atoms with Gasteiger partial charge in [0, 0.05) is 24.3 Å². The zero-order valence-corrected chi connectivity index (χ0v) is 13.4. The fourth-order valence-corrected chi connectivity index (χ4v) is 3.52. The van der Waals surface area contributed by atoms with Crippen LogP contribution in [0.15, 0.2) is 60.3 Å². The number of carbonyl (C=O) groups is 1. The molecule has 2 aromatic rings. The van der Waals surface area contributed by atoms with Crippen LogP contribution in [0, 0.1) is 16.0 Å². The molecular formula is C19H17N3O3. The third-order valence-electron chi connectivity index (χ3n) is 4.75. The number of anilines is 2. The van der Waals surface area contributed by atoms with Gasteiger partial charge in [-0.1, -0.05) is 30.3 Å². The molecule has 1 heterocycles. The van der Waals surface area contributed by atoms with Crippen LogP contribution in [-0.2, 0) is 4.79 Å². The summed E-state index contributed by atoms with van der Waals surface area (Å²) >= 11 is 0. The molecule has 2 aromatic carbocycles. The van der Waals surface area contributed by atoms with Crippen molar-refractivity contribution >= 4 is 22.8 Å². The highest BCUT2D eigenvalue weighted by atomic mass is 16.6. The molecule has 2 unspecified atom stereocenters. The van der Waals surface area contributed by atoms with Gasteiger partial charge >= 0.3 is 0 Å². The second-order valence-electron chi connectivity index (χ2n) is 6.28. The number of para-hydroxylation sites is 2. The first-order valence-electron chi connectivity index (χ1n) is 8.23. The third-order valence-corrected chi connectivity index (χ3v) is 4.75. The summed E-state index contributed by atoms with van der Waals surface area (Å²) in [7, 11) is 0. The van der Waals surface area contributed by atoms with Gasteiger partial charge in [-0.15, -0.1) is 0 Å². The summed E-state index contributed by atoms with van der Waals surface area (Å²) in [6.07, 6.45) is 3.32. The Morgan fingerprint density at radius 2 is 1.76 bits per heavy atom. The lowest BCUT2D eigenvalue weighted by molar-refractivity contribution is -0.384. The second kappa shape index (κ2) is 6.05. The van der Waals surface area contributed by atoms with Crippen LogP contribution < -0.4 is 10.6 Å². The Balaban J connectivity index is 1.80. The topological polar surface area (TPSA) is 84.3 Å². The fraction of sp³-hybridized carbons (Fsp3) is 0.211. The number of non-ortho nitro benzene ring substituents is 1. The molecule has 0 fully saturated rings. The van der Waals surface area contributed by atoms with Gasteiger partial charge in [0.2, 0.25) is 0 Å². The lowest BCUT2D eigenvalue weighted by Crippen LogP contribution is -2.31. The van der Waals surface area contributed by atoms with Crippen LogP contribution in [0.2, 0.25) is 0 Å². The van der Waals surface area contributed by atoms with E-state index in [4.69, 9.17) is 0 Å². The molecule has 4 rings (SSSR count). The Bertz CT molecular complexity index is 874. The molecule has 2 aliphatic rings. The van der Waals surface area contributed by atoms with E-state index in [1.807, 2.05) is 24.3 Å². The minimum Gasteiger partial charge on any atom is -0.375 e. The first-order valence-corrected chi connectivity index (χ1v) is 8.23. The van der Waals surface area contributed by atoms with Gasteiger partial charge in [-0.05, 0) is 24.1 Å². The Labute approximate surface area is 144 Å². The largest absolute Gasteiger partial charge is 0.375 e. The minimum absolute atomic E-state index is 0.0432. The number of nitrogens with one attached hydrogen (secondary N) is 2. The number of allylic oxidation sites excluding steroid dienone is 1. The molecule has 0 saturated heterocycles. The highest BCUT2D eigenvalue weighted by molar-refractivity contribution is 5.89. The van der Waals surface area contributed by atoms with Gasteiger partial charge in [0.1, 0.15) is 5.78 Å². The maximum atomic E-state index is 12.7. The van der Waals surface area contributed by atoms with Crippen LogP contribution >= 0.6 is 0 Å². The molecule has 0 saturated carbocycles. The lowest BCUT2D eigenvalue weighted by Gasteiger charge is -2.29. The number of nitro groups is 1. The number of nitrogens with zero attached hydrogens (tertiary/aromatic N) is 1. The summed E-state index contributed by atoms with van der Waals surface area (Å²) in [4.78, 5) is 23.1. The normalized spacial score (nSPS) is 21.8. The number of nitro benzene ring substituents is 1. The van der Waals surface area contributed by atoms with Gasteiger partial charge in [-0.3, -0.25) is 14.9 Å². The van der Waals surface area contributed by atoms with Crippen LogP contribution in [0.1, 0.15) is 24.4 Å². The van der Waals surface area contributed by atoms with Crippen molar-refractivity contribution in [3.63, 3.8) is 0 Å². The van der Waals surface area contributed by atoms with Crippen molar-refractivity contribution in [2.75, 3.05) is 10.6 Å². The monoisotopic (exact) mass is 335 g/mol. The van der Waals surface area contributed by atoms with Gasteiger partial charge in [0.05, 0.1) is 28.3 Å². The molecule has 6 heteroatoms. The summed E-state index contributed by atoms with van der Waals surface area (Å²) < 4.78 is 0. The quantitative estimate of drug-likeness (QED) is 0.639. The molecule has 25 heavy (non-hydrogen) atoms. The Morgan fingerprint density at radius 1 is 1.04 bits per heavy atom. The first kappa shape index (κ1) is 15.4. The summed E-state index contributed by atoms with van der Waals surface area (Å²) in [6.45, 7) is 0. The molecule has 0 aromatic heterocycles. The van der Waals surface area contributed by atoms with E-state index in [9.17, 15) is 14.9 Å². The van der Waals surface area contributed by atoms with Gasteiger partial charge in [-0.25, -0.2) is 0 Å². The van der Waals surface area contributed by atoms with E-state index < -0.39 is 4.92 Å². The summed E-state index contributed by atoms with van der Waals surface area (Å²) in [5.41, 5.74) is 3.64. The zero-order chi connectivity index (χ0) is 17.4. The van der Waals surface area contributed by atoms with Crippen molar-refractivity contribution in [2.24, 2.45) is 5.92 Å². The first-order chi connectivity index (χ1) is 12.1. The van der Waals surface area contributed by atoms with Crippen molar-refractivity contribution in [3.05, 3.63) is 76.0 Å². The van der Waals surface area contributed by atoms with E-state index in [-0.39, 0.29) is 23.4 Å². The van der Waals surface area contributed by atoms with Crippen LogP contribution in [0.25, 0.3) is 0 Å². The summed E-state index contributed by atoms with van der Waals surface area (Å²) in [6, 6.07) is 14.0. The van der Waals surface area contributed by atoms with Crippen LogP contribution in [-0.4, -0.2) is 10.7 Å². The number of hydrogen-bond donors (Lipinski definition) is 2. The Kier molecular flexibility index (Phi) is 3.72. The SMILES string of the molecule is O=C1CCC=C2Nc3ccccc3NC(c3ccc([N+](=O)[O-])cc3)C12. The number of ketones is 1. The van der Waals surface area contributed by atoms with Crippen molar-refractivity contribution in [1.29, 1.82) is 0 Å². The van der Waals surface area contributed by atoms with Gasteiger partial charge in [-0.2, -0.15) is 0 Å². The van der Waals surface area contributed by atoms with Crippen LogP contribution in [0.3, 0.4) is 0 Å². The number of carbonyl (C=O) groups excluding carboxylic acids is 1. The van der Waals surface area contributed by atoms with Crippen molar-refractivity contribution in [3.8, 4) is 0 Å². The third kappa shape index (κ3) is 2.76. The Morgan fingerprint density at radius 3 is 2.48 bits per heavy atom. The summed E-state index contributed by atoms with van der Waals surface area (Å²) in [5.74, 6) is -0.156. The maximum absolute atomic E-state index is 12.7. The van der Waals surface area contributed by atoms with Crippen LogP contribution in [0.5, 0.6) is 0 Å². The maximum Gasteiger partial charge on any atom is 0.269 e. The average Bonchev–Trinajstić information content (AvgIpc) is 2.79. The van der Waals surface area contributed by atoms with E-state index in [1.165, 1.54) is 12.1 Å². The molecule has 6 nitrogen and oxygen atoms in total. The highest BCUT2D eigenvalue weighted by Crippen LogP contribution is 2.41. The van der Waals surface area contributed by atoms with Crippen LogP contribution in [0.4, 0.5) is 17.1 Å². The minimum atomic E-state index is -0.418. The number of rotatable bonds is 2. The van der Waals surface area contributed by atoms with Crippen molar-refractivity contribution < 1.29 is 9.72 Å². The number of Topliss-reactive ketones (excluding diaryl/α,β-unsaturated/α-hetero) is 1. The molecule has 0 spiro atoms. The molecule has 0 amide bonds. The predicted octanol–water partition coefficient (Wildman–Crippen LogP) is 4.04. The number of hydrogen-bond acceptors (Lipinski definition) is 5. The fourth-order valence-electron chi connectivity index (χ4n) is 3.52. The summed E-state index contributed by atoms with van der Waals surface area (Å²) in [5, 5.41) is 17.8. The number of benzene rings is 2. The number of fused-ring (bicyclic) bond motifs is 2. The van der Waals surface area contributed by atoms with Gasteiger partial charge in [0.15, 0.2) is 0 Å². The molecule has 1 aliphatic heterocycles. The molecular weight excluding hydrogens is 318 g/mol. The van der Waals surface area contributed by atoms with Gasteiger partial charge in [0.25, 0.3) is 5.69 Å². The van der Waals surface area contributed by atoms with Gasteiger partial charge < -0.3 is 10.6 Å². The molecule has 0 bridgehead atoms. The van der Waals surface area contributed by atoms with Crippen molar-refractivity contribution in [1.82, 2.24) is 0 Å². The molecule has 126 valence electrons. The lowest BCUT2D eigenvalue weighted by atomic mass is 9.82. The zero-order valence-electron chi connectivity index (χ0n) is 13.4. The smallest absolute Gasteiger partial charge is 0.269 e. The van der Waals surface area contributed by atoms with E-state index >= 15 is 0 Å². The predicted molar refractivity (Wildman–Crippen MR) is 95.3 cm³/mol. The molecule has 0 radical (unpaired) electrons. The molecule has 2 N–H and O–H groups in total. The second-order valence-corrected chi connectivity index (χ2v) is 6.28. The molecule has 1 aliphatic carbocycles. The Hall–Kier alpha value is -3.15. The molecule has 2 atom stereocenters. The van der Waals surface area contributed by atoms with E-state index in [0.29, 0.717) is 6.42 Å². The highest BCUT2D eigenvalue weighted by Gasteiger charge is 2.37. The van der Waals surface area contributed by atoms with Crippen molar-refractivity contribution in [2.45, 2.75) is 18.9 Å². The average molecular weight is 335 g/mol. The van der Waals surface area contributed by atoms with E-state index in [1.54, 1.807) is 12.1 Å².